The average molecular weight is 246 g/mol. The SMILES string of the molecule is CCCC(C(=O)O)C(CCC)(CCC)P=O. The Hall–Kier alpha value is -0.430. The van der Waals surface area contributed by atoms with Crippen LogP contribution in [0.15, 0.2) is 0 Å². The minimum atomic E-state index is -0.799. The normalized spacial score (nSPS) is 13.9. The molecule has 0 aromatic carbocycles. The summed E-state index contributed by atoms with van der Waals surface area (Å²) in [4.78, 5) is 11.3. The number of aliphatic carboxylic acids is 1. The average Bonchev–Trinajstić information content (AvgIpc) is 2.25. The van der Waals surface area contributed by atoms with Crippen LogP contribution in [0.1, 0.15) is 59.3 Å². The van der Waals surface area contributed by atoms with Crippen LogP contribution in [0, 0.1) is 5.92 Å². The van der Waals surface area contributed by atoms with E-state index in [0.29, 0.717) is 6.42 Å². The molecule has 0 aromatic heterocycles. The van der Waals surface area contributed by atoms with Crippen molar-refractivity contribution in [3.8, 4) is 0 Å². The van der Waals surface area contributed by atoms with Crippen molar-refractivity contribution in [1.82, 2.24) is 0 Å². The molecular weight excluding hydrogens is 223 g/mol. The van der Waals surface area contributed by atoms with Gasteiger partial charge >= 0.3 is 5.97 Å². The molecule has 0 aliphatic heterocycles. The summed E-state index contributed by atoms with van der Waals surface area (Å²) in [5, 5.41) is 8.73. The minimum Gasteiger partial charge on any atom is -0.481 e. The monoisotopic (exact) mass is 246 g/mol. The Morgan fingerprint density at radius 3 is 1.94 bits per heavy atom. The van der Waals surface area contributed by atoms with Crippen LogP contribution < -0.4 is 0 Å². The summed E-state index contributed by atoms with van der Waals surface area (Å²) in [6, 6.07) is 0. The first-order chi connectivity index (χ1) is 7.57. The van der Waals surface area contributed by atoms with Gasteiger partial charge < -0.3 is 5.11 Å². The van der Waals surface area contributed by atoms with E-state index in [9.17, 15) is 14.5 Å². The number of rotatable bonds is 9. The van der Waals surface area contributed by atoms with E-state index in [1.807, 2.05) is 20.8 Å². The van der Waals surface area contributed by atoms with Gasteiger partial charge in [-0.15, -0.1) is 0 Å². The van der Waals surface area contributed by atoms with Crippen molar-refractivity contribution in [3.05, 3.63) is 0 Å². The fourth-order valence-electron chi connectivity index (χ4n) is 2.40. The number of hydrogen-bond acceptors (Lipinski definition) is 2. The number of carbonyl (C=O) groups is 1. The van der Waals surface area contributed by atoms with E-state index < -0.39 is 17.0 Å². The highest BCUT2D eigenvalue weighted by Crippen LogP contribution is 2.43. The minimum absolute atomic E-state index is 0.00150. The highest BCUT2D eigenvalue weighted by atomic mass is 31.1. The topological polar surface area (TPSA) is 54.4 Å². The van der Waals surface area contributed by atoms with Gasteiger partial charge in [-0.25, -0.2) is 0 Å². The zero-order valence-corrected chi connectivity index (χ0v) is 11.4. The largest absolute Gasteiger partial charge is 0.481 e. The van der Waals surface area contributed by atoms with E-state index >= 15 is 0 Å². The van der Waals surface area contributed by atoms with Crippen LogP contribution in [-0.2, 0) is 9.36 Å². The third-order valence-corrected chi connectivity index (χ3v) is 4.19. The van der Waals surface area contributed by atoms with E-state index in [-0.39, 0.29) is 8.46 Å². The summed E-state index contributed by atoms with van der Waals surface area (Å²) in [5.41, 5.74) is 0. The lowest BCUT2D eigenvalue weighted by Gasteiger charge is -2.32. The smallest absolute Gasteiger partial charge is 0.307 e. The Bertz CT molecular complexity index is 222. The van der Waals surface area contributed by atoms with Crippen molar-refractivity contribution < 1.29 is 14.5 Å². The third kappa shape index (κ3) is 3.86. The second kappa shape index (κ2) is 7.78. The van der Waals surface area contributed by atoms with E-state index in [1.54, 1.807) is 0 Å². The predicted molar refractivity (Wildman–Crippen MR) is 66.2 cm³/mol. The third-order valence-electron chi connectivity index (χ3n) is 3.07. The lowest BCUT2D eigenvalue weighted by molar-refractivity contribution is -0.143. The maximum Gasteiger partial charge on any atom is 0.307 e. The van der Waals surface area contributed by atoms with Gasteiger partial charge in [-0.1, -0.05) is 40.0 Å². The van der Waals surface area contributed by atoms with Crippen molar-refractivity contribution in [2.75, 3.05) is 0 Å². The summed E-state index contributed by atoms with van der Waals surface area (Å²) >= 11 is 0. The van der Waals surface area contributed by atoms with E-state index in [1.165, 1.54) is 0 Å². The first kappa shape index (κ1) is 15.6. The lowest BCUT2D eigenvalue weighted by Crippen LogP contribution is -2.37. The molecule has 94 valence electrons. The molecule has 0 saturated heterocycles. The molecule has 0 aromatic rings. The van der Waals surface area contributed by atoms with Crippen molar-refractivity contribution in [3.63, 3.8) is 0 Å². The van der Waals surface area contributed by atoms with E-state index in [0.717, 1.165) is 32.1 Å². The van der Waals surface area contributed by atoms with Gasteiger partial charge in [-0.3, -0.25) is 9.36 Å². The van der Waals surface area contributed by atoms with Crippen molar-refractivity contribution >= 4 is 14.4 Å². The highest BCUT2D eigenvalue weighted by molar-refractivity contribution is 7.26. The second-order valence-electron chi connectivity index (χ2n) is 4.37. The molecule has 1 unspecified atom stereocenters. The number of carboxylic acids is 1. The van der Waals surface area contributed by atoms with Crippen LogP contribution in [0.3, 0.4) is 0 Å². The standard InChI is InChI=1S/C12H23O3P/c1-4-7-10(11(13)14)12(16-15,8-5-2)9-6-3/h10H,4-9H2,1-3H3,(H,13,14). The van der Waals surface area contributed by atoms with Crippen LogP contribution in [0.25, 0.3) is 0 Å². The molecule has 0 aliphatic carbocycles. The molecule has 4 heteroatoms. The van der Waals surface area contributed by atoms with E-state index in [2.05, 4.69) is 0 Å². The number of carboxylic acid groups (broad SMARTS) is 1. The van der Waals surface area contributed by atoms with Gasteiger partial charge in [-0.2, -0.15) is 0 Å². The maximum atomic E-state index is 11.5. The van der Waals surface area contributed by atoms with Gasteiger partial charge in [0.05, 0.1) is 11.1 Å². The van der Waals surface area contributed by atoms with Crippen molar-refractivity contribution in [2.24, 2.45) is 5.92 Å². The van der Waals surface area contributed by atoms with Crippen LogP contribution in [0.5, 0.6) is 0 Å². The molecule has 1 atom stereocenters. The lowest BCUT2D eigenvalue weighted by atomic mass is 9.81. The van der Waals surface area contributed by atoms with Crippen LogP contribution >= 0.6 is 8.46 Å². The molecule has 0 aliphatic rings. The fraction of sp³-hybridized carbons (Fsp3) is 0.917. The quantitative estimate of drug-likeness (QED) is 0.622. The van der Waals surface area contributed by atoms with Gasteiger partial charge in [-0.05, 0) is 19.3 Å². The molecule has 0 heterocycles. The Balaban J connectivity index is 5.05. The highest BCUT2D eigenvalue weighted by Gasteiger charge is 2.42. The Morgan fingerprint density at radius 1 is 1.19 bits per heavy atom. The van der Waals surface area contributed by atoms with Crippen LogP contribution in [0.2, 0.25) is 0 Å². The molecular formula is C12H23O3P. The van der Waals surface area contributed by atoms with Crippen molar-refractivity contribution in [1.29, 1.82) is 0 Å². The van der Waals surface area contributed by atoms with E-state index in [4.69, 9.17) is 0 Å². The molecule has 16 heavy (non-hydrogen) atoms. The fourth-order valence-corrected chi connectivity index (χ4v) is 3.40. The van der Waals surface area contributed by atoms with Gasteiger partial charge in [0.25, 0.3) is 0 Å². The number of hydrogen-bond donors (Lipinski definition) is 1. The summed E-state index contributed by atoms with van der Waals surface area (Å²) in [6.07, 6.45) is 4.64. The molecule has 0 rings (SSSR count). The second-order valence-corrected chi connectivity index (χ2v) is 5.45. The summed E-state index contributed by atoms with van der Waals surface area (Å²) in [5.74, 6) is -1.27. The molecule has 0 fully saturated rings. The molecule has 0 radical (unpaired) electrons. The molecule has 1 N–H and O–H groups in total. The molecule has 0 bridgehead atoms. The summed E-state index contributed by atoms with van der Waals surface area (Å²) in [6.45, 7) is 6.00. The Labute approximate surface area is 99.8 Å². The summed E-state index contributed by atoms with van der Waals surface area (Å²) in [7, 11) is -0.00150. The molecule has 0 spiro atoms. The zero-order valence-electron chi connectivity index (χ0n) is 10.5. The maximum absolute atomic E-state index is 11.5. The van der Waals surface area contributed by atoms with Crippen LogP contribution in [-0.4, -0.2) is 16.2 Å². The van der Waals surface area contributed by atoms with Crippen LogP contribution in [0.4, 0.5) is 0 Å². The first-order valence-corrected chi connectivity index (χ1v) is 6.96. The molecule has 0 saturated carbocycles. The predicted octanol–water partition coefficient (Wildman–Crippen LogP) is 4.12. The van der Waals surface area contributed by atoms with Gasteiger partial charge in [0.1, 0.15) is 0 Å². The first-order valence-electron chi connectivity index (χ1n) is 6.15. The Morgan fingerprint density at radius 2 is 1.69 bits per heavy atom. The van der Waals surface area contributed by atoms with Gasteiger partial charge in [0.2, 0.25) is 0 Å². The van der Waals surface area contributed by atoms with Gasteiger partial charge in [0.15, 0.2) is 8.46 Å². The van der Waals surface area contributed by atoms with Crippen molar-refractivity contribution in [2.45, 2.75) is 64.5 Å². The Kier molecular flexibility index (Phi) is 7.57. The zero-order chi connectivity index (χ0) is 12.6. The molecule has 0 amide bonds. The molecule has 3 nitrogen and oxygen atoms in total. The summed E-state index contributed by atoms with van der Waals surface area (Å²) < 4.78 is 11.5. The van der Waals surface area contributed by atoms with Gasteiger partial charge in [0, 0.05) is 0 Å².